The van der Waals surface area contributed by atoms with Gasteiger partial charge in [-0.2, -0.15) is 0 Å². The Bertz CT molecular complexity index is 510. The number of carbonyl (C=O) groups excluding carboxylic acids is 1. The molecule has 1 N–H and O–H groups in total. The zero-order valence-corrected chi connectivity index (χ0v) is 10.8. The second-order valence-electron chi connectivity index (χ2n) is 4.28. The van der Waals surface area contributed by atoms with E-state index in [4.69, 9.17) is 0 Å². The molecule has 1 aliphatic heterocycles. The van der Waals surface area contributed by atoms with Crippen LogP contribution < -0.4 is 0 Å². The molecule has 1 aromatic rings. The first-order valence-electron chi connectivity index (χ1n) is 5.65. The van der Waals surface area contributed by atoms with E-state index >= 15 is 0 Å². The van der Waals surface area contributed by atoms with E-state index in [1.54, 1.807) is 0 Å². The van der Waals surface area contributed by atoms with Gasteiger partial charge in [0.25, 0.3) is 11.6 Å². The van der Waals surface area contributed by atoms with E-state index in [1.165, 1.54) is 29.2 Å². The van der Waals surface area contributed by atoms with Gasteiger partial charge in [0.1, 0.15) is 0 Å². The molecule has 0 aliphatic carbocycles. The number of non-ortho nitro benzene ring substituents is 1. The lowest BCUT2D eigenvalue weighted by Gasteiger charge is -2.51. The molecule has 2 rings (SSSR count). The highest BCUT2D eigenvalue weighted by Gasteiger charge is 2.23. The molecule has 0 saturated carbocycles. The lowest BCUT2D eigenvalue weighted by molar-refractivity contribution is -0.384. The molecule has 1 aromatic carbocycles. The predicted molar refractivity (Wildman–Crippen MR) is 69.7 cm³/mol. The second kappa shape index (κ2) is 5.16. The van der Waals surface area contributed by atoms with Crippen molar-refractivity contribution < 1.29 is 18.8 Å². The fourth-order valence-corrected chi connectivity index (χ4v) is 3.07. The van der Waals surface area contributed by atoms with Gasteiger partial charge in [-0.25, -0.2) is 0 Å². The molecule has 1 fully saturated rings. The molecule has 1 amide bonds. The van der Waals surface area contributed by atoms with Gasteiger partial charge in [0, 0.05) is 42.3 Å². The summed E-state index contributed by atoms with van der Waals surface area (Å²) in [7, 11) is -2.81. The number of hydrogen-bond acceptors (Lipinski definition) is 5. The molecule has 1 saturated heterocycles. The van der Waals surface area contributed by atoms with Crippen LogP contribution in [0.25, 0.3) is 0 Å². The highest BCUT2D eigenvalue weighted by molar-refractivity contribution is 8.24. The molecule has 19 heavy (non-hydrogen) atoms. The van der Waals surface area contributed by atoms with E-state index in [1.807, 2.05) is 0 Å². The average molecular weight is 285 g/mol. The molecule has 104 valence electrons. The lowest BCUT2D eigenvalue weighted by Crippen LogP contribution is -2.42. The smallest absolute Gasteiger partial charge is 0.270 e. The lowest BCUT2D eigenvalue weighted by atomic mass is 10.1. The van der Waals surface area contributed by atoms with Crippen LogP contribution in [0.3, 0.4) is 0 Å². The topological polar surface area (TPSA) is 107 Å². The third kappa shape index (κ3) is 3.22. The van der Waals surface area contributed by atoms with Crippen LogP contribution in [-0.4, -0.2) is 49.4 Å². The largest absolute Gasteiger partial charge is 0.768 e. The zero-order valence-electron chi connectivity index (χ0n) is 10.0. The summed E-state index contributed by atoms with van der Waals surface area (Å²) in [5, 5.41) is 10.6. The van der Waals surface area contributed by atoms with Crippen LogP contribution in [0.4, 0.5) is 5.69 Å². The maximum absolute atomic E-state index is 12.1. The third-order valence-corrected chi connectivity index (χ3v) is 4.59. The highest BCUT2D eigenvalue weighted by atomic mass is 32.3. The summed E-state index contributed by atoms with van der Waals surface area (Å²) in [6.45, 7) is 0.383. The van der Waals surface area contributed by atoms with E-state index in [0.29, 0.717) is 0 Å². The third-order valence-electron chi connectivity index (χ3n) is 2.95. The van der Waals surface area contributed by atoms with Crippen LogP contribution in [0.5, 0.6) is 0 Å². The Hall–Kier alpha value is -1.64. The van der Waals surface area contributed by atoms with Crippen LogP contribution in [0, 0.1) is 10.1 Å². The van der Waals surface area contributed by atoms with E-state index in [2.05, 4.69) is 0 Å². The molecule has 1 aliphatic rings. The van der Waals surface area contributed by atoms with Gasteiger partial charge in [-0.3, -0.25) is 14.9 Å². The molecule has 0 spiro atoms. The van der Waals surface area contributed by atoms with Gasteiger partial charge in [0.2, 0.25) is 0 Å². The predicted octanol–water partition coefficient (Wildman–Crippen LogP) is 1.46. The summed E-state index contributed by atoms with van der Waals surface area (Å²) < 4.78 is 20.7. The Morgan fingerprint density at radius 3 is 2.58 bits per heavy atom. The normalized spacial score (nSPS) is 19.8. The average Bonchev–Trinajstić information content (AvgIpc) is 2.38. The molecular formula is C11H13N2O5S-. The maximum atomic E-state index is 12.1. The van der Waals surface area contributed by atoms with Crippen LogP contribution in [0.15, 0.2) is 24.3 Å². The molecule has 0 unspecified atom stereocenters. The summed E-state index contributed by atoms with van der Waals surface area (Å²) in [5.74, 6) is -0.250. The number of nitro benzene ring substituents is 1. The Morgan fingerprint density at radius 2 is 2.00 bits per heavy atom. The van der Waals surface area contributed by atoms with Crippen LogP contribution in [0.2, 0.25) is 0 Å². The van der Waals surface area contributed by atoms with Crippen molar-refractivity contribution in [2.24, 2.45) is 0 Å². The van der Waals surface area contributed by atoms with Crippen molar-refractivity contribution in [2.45, 2.75) is 0 Å². The number of rotatable bonds is 2. The van der Waals surface area contributed by atoms with Crippen LogP contribution in [0.1, 0.15) is 10.4 Å². The van der Waals surface area contributed by atoms with Crippen LogP contribution >= 0.6 is 10.6 Å². The Morgan fingerprint density at radius 1 is 1.37 bits per heavy atom. The van der Waals surface area contributed by atoms with Crippen molar-refractivity contribution in [1.29, 1.82) is 0 Å². The molecule has 8 heteroatoms. The number of nitrogens with zero attached hydrogens (tertiary/aromatic N) is 2. The monoisotopic (exact) mass is 285 g/mol. The molecule has 1 heterocycles. The van der Waals surface area contributed by atoms with E-state index in [9.17, 15) is 24.0 Å². The van der Waals surface area contributed by atoms with Crippen molar-refractivity contribution in [3.63, 3.8) is 0 Å². The number of carbonyl (C=O) groups is 1. The van der Waals surface area contributed by atoms with E-state index in [-0.39, 0.29) is 41.8 Å². The molecule has 0 radical (unpaired) electrons. The van der Waals surface area contributed by atoms with Gasteiger partial charge in [-0.15, -0.1) is 0 Å². The van der Waals surface area contributed by atoms with Gasteiger partial charge < -0.3 is 24.6 Å². The highest BCUT2D eigenvalue weighted by Crippen LogP contribution is 2.40. The first-order valence-corrected chi connectivity index (χ1v) is 7.50. The molecule has 0 aromatic heterocycles. The van der Waals surface area contributed by atoms with Crippen molar-refractivity contribution in [3.8, 4) is 0 Å². The first-order chi connectivity index (χ1) is 8.89. The molecular weight excluding hydrogens is 272 g/mol. The Balaban J connectivity index is 2.12. The standard InChI is InChI=1S/C11H14N2O5S/c14-11(12-4-6-19(17,18)7-5-12)9-2-1-3-10(8-9)13(15)16/h1-3,8,17-18H,4-7H2/p-1. The summed E-state index contributed by atoms with van der Waals surface area (Å²) in [5.41, 5.74) is 0.0781. The van der Waals surface area contributed by atoms with E-state index < -0.39 is 15.5 Å². The SMILES string of the molecule is O=C(c1cccc([N+](=O)[O-])c1)N1CCS([O-])(O)CC1. The van der Waals surface area contributed by atoms with Crippen molar-refractivity contribution >= 4 is 22.2 Å². The van der Waals surface area contributed by atoms with Gasteiger partial charge in [0.05, 0.1) is 4.92 Å². The Kier molecular flexibility index (Phi) is 3.74. The number of benzene rings is 1. The van der Waals surface area contributed by atoms with Crippen LogP contribution in [-0.2, 0) is 0 Å². The minimum absolute atomic E-state index is 0.0493. The summed E-state index contributed by atoms with van der Waals surface area (Å²) in [6, 6.07) is 5.48. The summed E-state index contributed by atoms with van der Waals surface area (Å²) in [4.78, 5) is 23.6. The van der Waals surface area contributed by atoms with Crippen molar-refractivity contribution in [3.05, 3.63) is 39.9 Å². The second-order valence-corrected chi connectivity index (χ2v) is 6.64. The number of nitro groups is 1. The van der Waals surface area contributed by atoms with Gasteiger partial charge in [0.15, 0.2) is 0 Å². The van der Waals surface area contributed by atoms with Crippen molar-refractivity contribution in [1.82, 2.24) is 4.90 Å². The summed E-state index contributed by atoms with van der Waals surface area (Å²) >= 11 is 0. The van der Waals surface area contributed by atoms with Gasteiger partial charge in [-0.1, -0.05) is 6.07 Å². The van der Waals surface area contributed by atoms with Crippen molar-refractivity contribution in [2.75, 3.05) is 24.6 Å². The van der Waals surface area contributed by atoms with Gasteiger partial charge in [-0.05, 0) is 6.07 Å². The molecule has 7 nitrogen and oxygen atoms in total. The zero-order chi connectivity index (χ0) is 14.0. The molecule has 0 atom stereocenters. The fraction of sp³-hybridized carbons (Fsp3) is 0.364. The number of hydrogen-bond donors (Lipinski definition) is 1. The molecule has 0 bridgehead atoms. The Labute approximate surface area is 111 Å². The first kappa shape index (κ1) is 13.8. The summed E-state index contributed by atoms with van der Waals surface area (Å²) in [6.07, 6.45) is 0. The minimum Gasteiger partial charge on any atom is -0.768 e. The quantitative estimate of drug-likeness (QED) is 0.654. The number of amides is 1. The van der Waals surface area contributed by atoms with Gasteiger partial charge >= 0.3 is 0 Å². The maximum Gasteiger partial charge on any atom is 0.270 e. The minimum atomic E-state index is -2.81. The van der Waals surface area contributed by atoms with E-state index in [0.717, 1.165) is 0 Å². The fourth-order valence-electron chi connectivity index (χ4n) is 1.86.